The summed E-state index contributed by atoms with van der Waals surface area (Å²) in [5, 5.41) is 14.3. The molecular weight excluding hydrogens is 337 g/mol. The molecule has 1 saturated heterocycles. The van der Waals surface area contributed by atoms with Crippen LogP contribution in [0.1, 0.15) is 35.8 Å². The quantitative estimate of drug-likeness (QED) is 0.784. The van der Waals surface area contributed by atoms with Crippen molar-refractivity contribution >= 4 is 41.8 Å². The van der Waals surface area contributed by atoms with Gasteiger partial charge in [-0.3, -0.25) is 9.89 Å². The topological polar surface area (TPSA) is 82.7 Å². The predicted octanol–water partition coefficient (Wildman–Crippen LogP) is 2.23. The van der Waals surface area contributed by atoms with Crippen molar-refractivity contribution in [3.8, 4) is 0 Å². The van der Waals surface area contributed by atoms with Gasteiger partial charge in [0.05, 0.1) is 5.56 Å². The number of hydrogen-bond acceptors (Lipinski definition) is 4. The van der Waals surface area contributed by atoms with E-state index in [0.29, 0.717) is 17.8 Å². The van der Waals surface area contributed by atoms with Gasteiger partial charge >= 0.3 is 0 Å². The fourth-order valence-electron chi connectivity index (χ4n) is 2.75. The second-order valence-corrected chi connectivity index (χ2v) is 6.19. The number of piperidine rings is 1. The van der Waals surface area contributed by atoms with Gasteiger partial charge in [0.25, 0.3) is 5.91 Å². The summed E-state index contributed by atoms with van der Waals surface area (Å²) < 4.78 is 0. The SMILES string of the molecule is Cc1[nH]nc2ncc(C(=O)NCC3(C)CCNCC3)cc12.Cl.Cl. The Bertz CT molecular complexity index is 667. The molecule has 1 amide bonds. The molecule has 2 aromatic heterocycles. The van der Waals surface area contributed by atoms with Crippen LogP contribution in [0.4, 0.5) is 0 Å². The van der Waals surface area contributed by atoms with Gasteiger partial charge in [-0.25, -0.2) is 4.98 Å². The maximum absolute atomic E-state index is 12.3. The van der Waals surface area contributed by atoms with E-state index in [9.17, 15) is 4.79 Å². The highest BCUT2D eigenvalue weighted by Crippen LogP contribution is 2.26. The first kappa shape index (κ1) is 19.7. The smallest absolute Gasteiger partial charge is 0.252 e. The van der Waals surface area contributed by atoms with Gasteiger partial charge in [-0.15, -0.1) is 24.8 Å². The van der Waals surface area contributed by atoms with Crippen LogP contribution >= 0.6 is 24.8 Å². The largest absolute Gasteiger partial charge is 0.351 e. The number of hydrogen-bond donors (Lipinski definition) is 3. The van der Waals surface area contributed by atoms with Crippen molar-refractivity contribution in [3.63, 3.8) is 0 Å². The van der Waals surface area contributed by atoms with Gasteiger partial charge in [0.2, 0.25) is 0 Å². The number of fused-ring (bicyclic) bond motifs is 1. The number of halogens is 2. The summed E-state index contributed by atoms with van der Waals surface area (Å²) in [5.74, 6) is -0.0650. The monoisotopic (exact) mass is 359 g/mol. The molecule has 3 N–H and O–H groups in total. The molecule has 0 bridgehead atoms. The standard InChI is InChI=1S/C15H21N5O.2ClH/c1-10-12-7-11(8-17-13(12)20-19-10)14(21)18-9-15(2)3-5-16-6-4-15;;/h7-8,16H,3-6,9H2,1-2H3,(H,18,21)(H,17,19,20);2*1H. The lowest BCUT2D eigenvalue weighted by molar-refractivity contribution is 0.0922. The van der Waals surface area contributed by atoms with Crippen molar-refractivity contribution in [1.82, 2.24) is 25.8 Å². The number of aryl methyl sites for hydroxylation is 1. The molecule has 3 rings (SSSR count). The molecular formula is C15H23Cl2N5O. The second kappa shape index (κ2) is 7.95. The molecule has 6 nitrogen and oxygen atoms in total. The number of nitrogens with one attached hydrogen (secondary N) is 3. The zero-order valence-electron chi connectivity index (χ0n) is 13.3. The van der Waals surface area contributed by atoms with E-state index in [4.69, 9.17) is 0 Å². The van der Waals surface area contributed by atoms with Crippen molar-refractivity contribution in [2.75, 3.05) is 19.6 Å². The van der Waals surface area contributed by atoms with Gasteiger partial charge in [0.1, 0.15) is 0 Å². The molecule has 0 atom stereocenters. The van der Waals surface area contributed by atoms with Crippen molar-refractivity contribution in [2.24, 2.45) is 5.41 Å². The minimum absolute atomic E-state index is 0. The number of H-pyrrole nitrogens is 1. The van der Waals surface area contributed by atoms with Crippen LogP contribution in [-0.4, -0.2) is 40.7 Å². The van der Waals surface area contributed by atoms with Crippen LogP contribution in [0.2, 0.25) is 0 Å². The zero-order valence-corrected chi connectivity index (χ0v) is 14.9. The van der Waals surface area contributed by atoms with Crippen LogP contribution in [0, 0.1) is 12.3 Å². The van der Waals surface area contributed by atoms with Gasteiger partial charge in [-0.1, -0.05) is 6.92 Å². The first-order valence-corrected chi connectivity index (χ1v) is 7.37. The molecule has 23 heavy (non-hydrogen) atoms. The summed E-state index contributed by atoms with van der Waals surface area (Å²) in [6.45, 7) is 6.91. The van der Waals surface area contributed by atoms with Crippen LogP contribution in [-0.2, 0) is 0 Å². The fourth-order valence-corrected chi connectivity index (χ4v) is 2.75. The van der Waals surface area contributed by atoms with E-state index in [0.717, 1.165) is 37.0 Å². The third kappa shape index (κ3) is 4.34. The third-order valence-electron chi connectivity index (χ3n) is 4.35. The highest BCUT2D eigenvalue weighted by atomic mass is 35.5. The molecule has 1 aliphatic heterocycles. The Labute approximate surface area is 148 Å². The molecule has 3 heterocycles. The molecule has 0 spiro atoms. The van der Waals surface area contributed by atoms with E-state index in [1.165, 1.54) is 0 Å². The number of aromatic nitrogens is 3. The van der Waals surface area contributed by atoms with Gasteiger partial charge in [-0.05, 0) is 44.3 Å². The molecule has 1 aliphatic rings. The minimum atomic E-state index is -0.0650. The minimum Gasteiger partial charge on any atom is -0.351 e. The first-order valence-electron chi connectivity index (χ1n) is 7.37. The summed E-state index contributed by atoms with van der Waals surface area (Å²) in [6.07, 6.45) is 3.76. The number of carbonyl (C=O) groups excluding carboxylic acids is 1. The van der Waals surface area contributed by atoms with Crippen LogP contribution in [0.5, 0.6) is 0 Å². The number of nitrogens with zero attached hydrogens (tertiary/aromatic N) is 2. The van der Waals surface area contributed by atoms with Crippen LogP contribution < -0.4 is 10.6 Å². The molecule has 8 heteroatoms. The maximum Gasteiger partial charge on any atom is 0.252 e. The molecule has 128 valence electrons. The lowest BCUT2D eigenvalue weighted by Crippen LogP contribution is -2.42. The Hall–Kier alpha value is -1.37. The number of carbonyl (C=O) groups is 1. The molecule has 1 fully saturated rings. The van der Waals surface area contributed by atoms with Crippen molar-refractivity contribution < 1.29 is 4.79 Å². The number of aromatic amines is 1. The molecule has 0 aliphatic carbocycles. The fraction of sp³-hybridized carbons (Fsp3) is 0.533. The third-order valence-corrected chi connectivity index (χ3v) is 4.35. The van der Waals surface area contributed by atoms with E-state index in [2.05, 4.69) is 32.7 Å². The van der Waals surface area contributed by atoms with Crippen LogP contribution in [0.15, 0.2) is 12.3 Å². The van der Waals surface area contributed by atoms with Crippen LogP contribution in [0.25, 0.3) is 11.0 Å². The summed E-state index contributed by atoms with van der Waals surface area (Å²) in [4.78, 5) is 16.5. The Morgan fingerprint density at radius 1 is 1.35 bits per heavy atom. The summed E-state index contributed by atoms with van der Waals surface area (Å²) >= 11 is 0. The highest BCUT2D eigenvalue weighted by Gasteiger charge is 2.27. The maximum atomic E-state index is 12.3. The number of amides is 1. The number of rotatable bonds is 3. The van der Waals surface area contributed by atoms with E-state index >= 15 is 0 Å². The summed E-state index contributed by atoms with van der Waals surface area (Å²) in [7, 11) is 0. The Morgan fingerprint density at radius 3 is 2.74 bits per heavy atom. The predicted molar refractivity (Wildman–Crippen MR) is 95.7 cm³/mol. The first-order chi connectivity index (χ1) is 10.1. The van der Waals surface area contributed by atoms with Crippen molar-refractivity contribution in [2.45, 2.75) is 26.7 Å². The molecule has 0 saturated carbocycles. The molecule has 2 aromatic rings. The van der Waals surface area contributed by atoms with E-state index in [1.54, 1.807) is 6.20 Å². The van der Waals surface area contributed by atoms with E-state index in [1.807, 2.05) is 13.0 Å². The Kier molecular flexibility index (Phi) is 6.80. The lowest BCUT2D eigenvalue weighted by Gasteiger charge is -2.34. The van der Waals surface area contributed by atoms with Gasteiger partial charge < -0.3 is 10.6 Å². The van der Waals surface area contributed by atoms with Gasteiger partial charge in [-0.2, -0.15) is 5.10 Å². The Balaban J connectivity index is 0.00000132. The lowest BCUT2D eigenvalue weighted by atomic mass is 9.81. The van der Waals surface area contributed by atoms with E-state index < -0.39 is 0 Å². The zero-order chi connectivity index (χ0) is 14.9. The molecule has 0 radical (unpaired) electrons. The molecule has 0 unspecified atom stereocenters. The van der Waals surface area contributed by atoms with Gasteiger partial charge in [0.15, 0.2) is 5.65 Å². The van der Waals surface area contributed by atoms with E-state index in [-0.39, 0.29) is 36.1 Å². The van der Waals surface area contributed by atoms with Gasteiger partial charge in [0, 0.05) is 23.8 Å². The van der Waals surface area contributed by atoms with Crippen LogP contribution in [0.3, 0.4) is 0 Å². The summed E-state index contributed by atoms with van der Waals surface area (Å²) in [6, 6.07) is 1.85. The normalized spacial score (nSPS) is 16.3. The van der Waals surface area contributed by atoms with Crippen molar-refractivity contribution in [1.29, 1.82) is 0 Å². The number of pyridine rings is 1. The molecule has 0 aromatic carbocycles. The second-order valence-electron chi connectivity index (χ2n) is 6.19. The average molecular weight is 360 g/mol. The van der Waals surface area contributed by atoms with Crippen molar-refractivity contribution in [3.05, 3.63) is 23.5 Å². The highest BCUT2D eigenvalue weighted by molar-refractivity contribution is 5.97. The average Bonchev–Trinajstić information content (AvgIpc) is 2.87. The Morgan fingerprint density at radius 2 is 2.04 bits per heavy atom. The summed E-state index contributed by atoms with van der Waals surface area (Å²) in [5.41, 5.74) is 2.35.